The van der Waals surface area contributed by atoms with Crippen molar-refractivity contribution >= 4 is 44.8 Å². The number of rotatable bonds is 5. The maximum atomic E-state index is 12.0. The lowest BCUT2D eigenvalue weighted by atomic mass is 9.77. The number of nitrogens with one attached hydrogen (secondary N) is 1. The smallest absolute Gasteiger partial charge is 0.282 e. The molecule has 3 aromatic carbocycles. The van der Waals surface area contributed by atoms with Crippen LogP contribution in [0.15, 0.2) is 82.6 Å². The molecule has 0 aromatic heterocycles. The van der Waals surface area contributed by atoms with E-state index < -0.39 is 10.0 Å². The fourth-order valence-electron chi connectivity index (χ4n) is 5.13. The van der Waals surface area contributed by atoms with Crippen LogP contribution in [0.5, 0.6) is 0 Å². The van der Waals surface area contributed by atoms with E-state index in [-0.39, 0.29) is 44.0 Å². The molecule has 0 spiro atoms. The summed E-state index contributed by atoms with van der Waals surface area (Å²) < 4.78 is 24.1. The van der Waals surface area contributed by atoms with Crippen molar-refractivity contribution in [1.82, 2.24) is 0 Å². The highest BCUT2D eigenvalue weighted by Crippen LogP contribution is 2.58. The second kappa shape index (κ2) is 8.88. The zero-order chi connectivity index (χ0) is 24.0. The fourth-order valence-corrected chi connectivity index (χ4v) is 7.63. The van der Waals surface area contributed by atoms with Gasteiger partial charge in [0.2, 0.25) is 10.0 Å². The molecule has 3 aromatic rings. The third kappa shape index (κ3) is 4.17. The number of nitro groups is 1. The number of thioether (sulfide) groups is 1. The highest BCUT2D eigenvalue weighted by atomic mass is 35.5. The maximum absolute atomic E-state index is 12.0. The number of benzene rings is 3. The molecule has 0 unspecified atom stereocenters. The van der Waals surface area contributed by atoms with Crippen molar-refractivity contribution in [3.63, 3.8) is 0 Å². The minimum absolute atomic E-state index is 0.0309. The fraction of sp³-hybridized carbons (Fsp3) is 0.250. The third-order valence-corrected chi connectivity index (χ3v) is 9.64. The molecule has 0 saturated heterocycles. The van der Waals surface area contributed by atoms with Crippen molar-refractivity contribution in [2.24, 2.45) is 11.1 Å². The monoisotopic (exact) mass is 515 g/mol. The predicted molar refractivity (Wildman–Crippen MR) is 134 cm³/mol. The molecular formula is C24H22ClN3O4S2. The molecule has 34 heavy (non-hydrogen) atoms. The van der Waals surface area contributed by atoms with Crippen LogP contribution in [0.3, 0.4) is 0 Å². The Labute approximate surface area is 206 Å². The van der Waals surface area contributed by atoms with Crippen molar-refractivity contribution < 1.29 is 13.3 Å². The van der Waals surface area contributed by atoms with Crippen molar-refractivity contribution in [2.75, 3.05) is 5.32 Å². The molecule has 1 heterocycles. The molecule has 0 amide bonds. The van der Waals surface area contributed by atoms with E-state index >= 15 is 0 Å². The molecule has 5 atom stereocenters. The van der Waals surface area contributed by atoms with Gasteiger partial charge >= 0.3 is 0 Å². The summed E-state index contributed by atoms with van der Waals surface area (Å²) in [5, 5.41) is 20.1. The van der Waals surface area contributed by atoms with Gasteiger partial charge < -0.3 is 5.32 Å². The summed E-state index contributed by atoms with van der Waals surface area (Å²) in [6, 6.07) is 21.5. The Morgan fingerprint density at radius 2 is 1.76 bits per heavy atom. The number of alkyl halides is 1. The van der Waals surface area contributed by atoms with Gasteiger partial charge in [0.25, 0.3) is 5.69 Å². The van der Waals surface area contributed by atoms with Crippen molar-refractivity contribution in [3.05, 3.63) is 94.0 Å². The first kappa shape index (κ1) is 23.2. The zero-order valence-corrected chi connectivity index (χ0v) is 20.3. The number of primary sulfonamides is 1. The number of nitrogens with zero attached hydrogens (tertiary/aromatic N) is 1. The van der Waals surface area contributed by atoms with E-state index in [1.807, 2.05) is 18.2 Å². The second-order valence-electron chi connectivity index (χ2n) is 8.58. The summed E-state index contributed by atoms with van der Waals surface area (Å²) in [7, 11) is -3.88. The molecule has 1 fully saturated rings. The predicted octanol–water partition coefficient (Wildman–Crippen LogP) is 5.28. The summed E-state index contributed by atoms with van der Waals surface area (Å²) in [6.07, 6.45) is 0.709. The Bertz CT molecular complexity index is 1350. The van der Waals surface area contributed by atoms with Crippen LogP contribution in [0.25, 0.3) is 0 Å². The molecule has 0 bridgehead atoms. The lowest BCUT2D eigenvalue weighted by Gasteiger charge is -2.38. The van der Waals surface area contributed by atoms with Crippen LogP contribution in [0, 0.1) is 16.0 Å². The summed E-state index contributed by atoms with van der Waals surface area (Å²) in [4.78, 5) is 11.8. The van der Waals surface area contributed by atoms with Crippen molar-refractivity contribution in [2.45, 2.75) is 38.8 Å². The lowest BCUT2D eigenvalue weighted by molar-refractivity contribution is -0.387. The van der Waals surface area contributed by atoms with Gasteiger partial charge in [-0.3, -0.25) is 10.1 Å². The Kier molecular flexibility index (Phi) is 6.05. The molecule has 176 valence electrons. The van der Waals surface area contributed by atoms with Gasteiger partial charge in [-0.15, -0.1) is 23.4 Å². The highest BCUT2D eigenvalue weighted by molar-refractivity contribution is 8.00. The number of nitro benzene ring substituents is 1. The minimum atomic E-state index is -3.88. The van der Waals surface area contributed by atoms with Gasteiger partial charge in [-0.25, -0.2) is 13.6 Å². The molecule has 3 N–H and O–H groups in total. The van der Waals surface area contributed by atoms with Crippen LogP contribution in [0.4, 0.5) is 11.4 Å². The molecular weight excluding hydrogens is 494 g/mol. The topological polar surface area (TPSA) is 115 Å². The van der Waals surface area contributed by atoms with Crippen molar-refractivity contribution in [3.8, 4) is 0 Å². The number of anilines is 1. The number of para-hydroxylation sites is 1. The molecule has 2 aliphatic rings. The molecule has 1 aliphatic carbocycles. The first-order chi connectivity index (χ1) is 16.2. The minimum Gasteiger partial charge on any atom is -0.378 e. The van der Waals surface area contributed by atoms with Gasteiger partial charge in [0.05, 0.1) is 26.1 Å². The van der Waals surface area contributed by atoms with E-state index in [0.29, 0.717) is 11.3 Å². The molecule has 1 saturated carbocycles. The van der Waals surface area contributed by atoms with Crippen LogP contribution >= 0.6 is 23.4 Å². The van der Waals surface area contributed by atoms with Crippen LogP contribution in [0.2, 0.25) is 0 Å². The molecule has 0 radical (unpaired) electrons. The third-order valence-electron chi connectivity index (χ3n) is 6.61. The lowest BCUT2D eigenvalue weighted by Crippen LogP contribution is -2.31. The number of hydrogen-bond donors (Lipinski definition) is 2. The van der Waals surface area contributed by atoms with Gasteiger partial charge in [0, 0.05) is 22.9 Å². The summed E-state index contributed by atoms with van der Waals surface area (Å²) in [5.41, 5.74) is 2.80. The van der Waals surface area contributed by atoms with E-state index in [9.17, 15) is 18.5 Å². The first-order valence-electron chi connectivity index (χ1n) is 10.8. The van der Waals surface area contributed by atoms with Gasteiger partial charge in [0.15, 0.2) is 0 Å². The molecule has 1 aliphatic heterocycles. The maximum Gasteiger partial charge on any atom is 0.282 e. The van der Waals surface area contributed by atoms with Crippen LogP contribution in [-0.2, 0) is 10.0 Å². The van der Waals surface area contributed by atoms with Gasteiger partial charge in [-0.05, 0) is 47.7 Å². The van der Waals surface area contributed by atoms with Gasteiger partial charge in [-0.1, -0.05) is 42.5 Å². The molecule has 10 heteroatoms. The average molecular weight is 516 g/mol. The summed E-state index contributed by atoms with van der Waals surface area (Å²) in [5.74, 6) is -0.0847. The second-order valence-corrected chi connectivity index (χ2v) is 11.9. The number of halogens is 1. The summed E-state index contributed by atoms with van der Waals surface area (Å²) >= 11 is 8.50. The Hall–Kier alpha value is -2.59. The normalized spacial score (nSPS) is 25.8. The Balaban J connectivity index is 1.57. The van der Waals surface area contributed by atoms with E-state index in [1.54, 1.807) is 30.3 Å². The van der Waals surface area contributed by atoms with Gasteiger partial charge in [-0.2, -0.15) is 0 Å². The quantitative estimate of drug-likeness (QED) is 0.271. The largest absolute Gasteiger partial charge is 0.378 e. The number of nitrogens with two attached hydrogens (primary N) is 1. The van der Waals surface area contributed by atoms with Crippen LogP contribution < -0.4 is 10.5 Å². The van der Waals surface area contributed by atoms with E-state index in [1.165, 1.54) is 23.9 Å². The average Bonchev–Trinajstić information content (AvgIpc) is 3.14. The molecule has 7 nitrogen and oxygen atoms in total. The van der Waals surface area contributed by atoms with E-state index in [2.05, 4.69) is 17.4 Å². The van der Waals surface area contributed by atoms with E-state index in [0.717, 1.165) is 16.8 Å². The van der Waals surface area contributed by atoms with Gasteiger partial charge in [0.1, 0.15) is 0 Å². The first-order valence-corrected chi connectivity index (χ1v) is 13.6. The van der Waals surface area contributed by atoms with Crippen LogP contribution in [0.1, 0.15) is 29.5 Å². The van der Waals surface area contributed by atoms with E-state index in [4.69, 9.17) is 16.7 Å². The molecule has 5 rings (SSSR count). The number of hydrogen-bond acceptors (Lipinski definition) is 6. The highest BCUT2D eigenvalue weighted by Gasteiger charge is 2.50. The SMILES string of the molecule is NS(=O)(=O)c1ccc2c(c1)[C@@H]1[C@H](Cl)[C@H](Sc3ccccc3[N+](=O)[O-])C[C@@H]1[C@H](c1ccccc1)N2. The Morgan fingerprint density at radius 3 is 2.47 bits per heavy atom. The zero-order valence-electron chi connectivity index (χ0n) is 17.9. The van der Waals surface area contributed by atoms with Crippen LogP contribution in [-0.4, -0.2) is 24.0 Å². The number of sulfonamides is 1. The summed E-state index contributed by atoms with van der Waals surface area (Å²) in [6.45, 7) is 0. The standard InChI is InChI=1S/C24H22ClN3O4S2/c25-23-21(33-20-9-5-4-8-19(20)28(29)30)13-17-22(23)16-12-15(34(26,31)32)10-11-18(16)27-24(17)14-6-2-1-3-7-14/h1-12,17,21-24,27H,13H2,(H2,26,31,32)/t17-,21+,22-,23+,24-/m0/s1. The van der Waals surface area contributed by atoms with Crippen molar-refractivity contribution in [1.29, 1.82) is 0 Å². The Morgan fingerprint density at radius 1 is 1.06 bits per heavy atom. The number of fused-ring (bicyclic) bond motifs is 3.